The largest absolute Gasteiger partial charge is 0.369 e. The molecule has 3 aromatic rings. The normalized spacial score (nSPS) is 16.2. The fraction of sp³-hybridized carbons (Fsp3) is 0.381. The monoisotopic (exact) mass is 396 g/mol. The maximum atomic E-state index is 14.0. The smallest absolute Gasteiger partial charge is 0.254 e. The third-order valence-corrected chi connectivity index (χ3v) is 5.49. The van der Waals surface area contributed by atoms with Crippen molar-refractivity contribution in [3.05, 3.63) is 53.7 Å². The molecule has 1 saturated heterocycles. The lowest BCUT2D eigenvalue weighted by molar-refractivity contribution is 0.0941. The van der Waals surface area contributed by atoms with Gasteiger partial charge in [0, 0.05) is 50.7 Å². The van der Waals surface area contributed by atoms with Crippen molar-refractivity contribution in [2.45, 2.75) is 13.0 Å². The Kier molecular flexibility index (Phi) is 5.19. The fourth-order valence-corrected chi connectivity index (χ4v) is 3.77. The third-order valence-electron chi connectivity index (χ3n) is 5.49. The van der Waals surface area contributed by atoms with Gasteiger partial charge >= 0.3 is 0 Å². The molecule has 4 rings (SSSR count). The molecule has 3 heterocycles. The van der Waals surface area contributed by atoms with E-state index < -0.39 is 0 Å². The summed E-state index contributed by atoms with van der Waals surface area (Å²) in [5.41, 5.74) is 3.40. The van der Waals surface area contributed by atoms with Gasteiger partial charge in [0.2, 0.25) is 0 Å². The van der Waals surface area contributed by atoms with E-state index in [2.05, 4.69) is 32.1 Å². The minimum atomic E-state index is -0.361. The molecule has 1 atom stereocenters. The summed E-state index contributed by atoms with van der Waals surface area (Å²) >= 11 is 0. The molecule has 0 bridgehead atoms. The summed E-state index contributed by atoms with van der Waals surface area (Å²) in [4.78, 5) is 26.1. The molecule has 0 radical (unpaired) electrons. The van der Waals surface area contributed by atoms with Crippen LogP contribution in [0.1, 0.15) is 28.9 Å². The number of nitrogens with one attached hydrogen (secondary N) is 1. The molecular weight excluding hydrogens is 371 g/mol. The highest BCUT2D eigenvalue weighted by Crippen LogP contribution is 2.29. The molecule has 29 heavy (non-hydrogen) atoms. The van der Waals surface area contributed by atoms with Gasteiger partial charge in [0.05, 0.1) is 17.9 Å². The summed E-state index contributed by atoms with van der Waals surface area (Å²) in [6, 6.07) is 6.10. The van der Waals surface area contributed by atoms with Crippen molar-refractivity contribution in [1.29, 1.82) is 0 Å². The molecule has 1 aromatic carbocycles. The predicted molar refractivity (Wildman–Crippen MR) is 111 cm³/mol. The molecule has 0 saturated carbocycles. The highest BCUT2D eigenvalue weighted by Gasteiger charge is 2.22. The van der Waals surface area contributed by atoms with Crippen LogP contribution in [0.5, 0.6) is 0 Å². The van der Waals surface area contributed by atoms with Crippen molar-refractivity contribution >= 4 is 22.8 Å². The van der Waals surface area contributed by atoms with E-state index in [-0.39, 0.29) is 17.8 Å². The van der Waals surface area contributed by atoms with Crippen LogP contribution in [0.15, 0.2) is 36.8 Å². The number of pyridine rings is 1. The molecule has 1 aliphatic heterocycles. The van der Waals surface area contributed by atoms with Gasteiger partial charge in [-0.05, 0) is 38.2 Å². The van der Waals surface area contributed by atoms with Crippen molar-refractivity contribution in [2.75, 3.05) is 38.1 Å². The Morgan fingerprint density at radius 3 is 2.66 bits per heavy atom. The van der Waals surface area contributed by atoms with E-state index in [1.165, 1.54) is 12.1 Å². The predicted octanol–water partition coefficient (Wildman–Crippen LogP) is 2.35. The number of hydrogen-bond acceptors (Lipinski definition) is 5. The molecule has 0 spiro atoms. The number of likely N-dealkylation sites (N-methyl/N-ethyl adjacent to an activating group) is 1. The highest BCUT2D eigenvalue weighted by atomic mass is 19.1. The lowest BCUT2D eigenvalue weighted by Gasteiger charge is -2.36. The number of aryl methyl sites for hydroxylation is 1. The molecular formula is C21H25FN6O. The number of piperazine rings is 1. The SMILES string of the molecule is CC(NC(=O)c1ccnc2c1ncn2C)c1cc(F)ccc1N1CCN(C)CC1. The summed E-state index contributed by atoms with van der Waals surface area (Å²) in [6.07, 6.45) is 3.23. The van der Waals surface area contributed by atoms with Crippen molar-refractivity contribution in [2.24, 2.45) is 7.05 Å². The van der Waals surface area contributed by atoms with Gasteiger partial charge in [-0.1, -0.05) is 0 Å². The Bertz CT molecular complexity index is 1040. The first-order valence-corrected chi connectivity index (χ1v) is 9.74. The molecule has 1 aliphatic rings. The van der Waals surface area contributed by atoms with Gasteiger partial charge in [-0.15, -0.1) is 0 Å². The standard InChI is InChI=1S/C21H25FN6O/c1-14(25-21(29)16-6-7-23-20-19(16)24-13-27(20)3)17-12-15(22)4-5-18(17)28-10-8-26(2)9-11-28/h4-7,12-14H,8-11H2,1-3H3,(H,25,29). The van der Waals surface area contributed by atoms with E-state index in [1.54, 1.807) is 23.2 Å². The summed E-state index contributed by atoms with van der Waals surface area (Å²) in [5.74, 6) is -0.563. The molecule has 2 aromatic heterocycles. The van der Waals surface area contributed by atoms with E-state index in [0.717, 1.165) is 37.4 Å². The van der Waals surface area contributed by atoms with Crippen LogP contribution in [-0.4, -0.2) is 58.6 Å². The molecule has 152 valence electrons. The Morgan fingerprint density at radius 2 is 1.90 bits per heavy atom. The first-order valence-electron chi connectivity index (χ1n) is 9.74. The van der Waals surface area contributed by atoms with Crippen LogP contribution in [-0.2, 0) is 7.05 Å². The zero-order valence-corrected chi connectivity index (χ0v) is 16.9. The number of imidazole rings is 1. The van der Waals surface area contributed by atoms with Gasteiger partial charge in [0.25, 0.3) is 5.91 Å². The van der Waals surface area contributed by atoms with E-state index in [1.807, 2.05) is 20.0 Å². The van der Waals surface area contributed by atoms with E-state index in [9.17, 15) is 9.18 Å². The molecule has 1 N–H and O–H groups in total. The Hall–Kier alpha value is -3.00. The minimum Gasteiger partial charge on any atom is -0.369 e. The van der Waals surface area contributed by atoms with Crippen molar-refractivity contribution in [3.63, 3.8) is 0 Å². The van der Waals surface area contributed by atoms with Crippen LogP contribution >= 0.6 is 0 Å². The average Bonchev–Trinajstić information content (AvgIpc) is 3.10. The molecule has 7 nitrogen and oxygen atoms in total. The lowest BCUT2D eigenvalue weighted by atomic mass is 10.0. The fourth-order valence-electron chi connectivity index (χ4n) is 3.77. The number of nitrogens with zero attached hydrogens (tertiary/aromatic N) is 5. The first kappa shape index (κ1) is 19.3. The Labute approximate surface area is 169 Å². The topological polar surface area (TPSA) is 66.3 Å². The summed E-state index contributed by atoms with van der Waals surface area (Å²) < 4.78 is 15.8. The number of halogens is 1. The number of amides is 1. The Morgan fingerprint density at radius 1 is 1.14 bits per heavy atom. The van der Waals surface area contributed by atoms with Gasteiger partial charge in [0.15, 0.2) is 5.65 Å². The first-order chi connectivity index (χ1) is 13.9. The van der Waals surface area contributed by atoms with Crippen LogP contribution < -0.4 is 10.2 Å². The molecule has 1 fully saturated rings. The maximum absolute atomic E-state index is 14.0. The van der Waals surface area contributed by atoms with Crippen LogP contribution in [0.2, 0.25) is 0 Å². The number of rotatable bonds is 4. The zero-order chi connectivity index (χ0) is 20.5. The number of carbonyl (C=O) groups excluding carboxylic acids is 1. The quantitative estimate of drug-likeness (QED) is 0.733. The van der Waals surface area contributed by atoms with Crippen LogP contribution in [0.4, 0.5) is 10.1 Å². The van der Waals surface area contributed by atoms with Crippen LogP contribution in [0, 0.1) is 5.82 Å². The number of benzene rings is 1. The maximum Gasteiger partial charge on any atom is 0.254 e. The number of carbonyl (C=O) groups is 1. The Balaban J connectivity index is 1.60. The third kappa shape index (κ3) is 3.80. The van der Waals surface area contributed by atoms with E-state index >= 15 is 0 Å². The number of hydrogen-bond donors (Lipinski definition) is 1. The lowest BCUT2D eigenvalue weighted by Crippen LogP contribution is -2.45. The summed E-state index contributed by atoms with van der Waals surface area (Å²) in [5, 5.41) is 3.01. The average molecular weight is 396 g/mol. The summed E-state index contributed by atoms with van der Waals surface area (Å²) in [7, 11) is 3.93. The zero-order valence-electron chi connectivity index (χ0n) is 16.9. The molecule has 1 amide bonds. The van der Waals surface area contributed by atoms with Crippen molar-refractivity contribution in [1.82, 2.24) is 24.8 Å². The number of anilines is 1. The van der Waals surface area contributed by atoms with Gasteiger partial charge in [-0.3, -0.25) is 4.79 Å². The van der Waals surface area contributed by atoms with Gasteiger partial charge < -0.3 is 19.7 Å². The molecule has 1 unspecified atom stereocenters. The van der Waals surface area contributed by atoms with E-state index in [0.29, 0.717) is 16.7 Å². The van der Waals surface area contributed by atoms with Gasteiger partial charge in [-0.25, -0.2) is 14.4 Å². The second-order valence-corrected chi connectivity index (χ2v) is 7.57. The number of fused-ring (bicyclic) bond motifs is 1. The molecule has 8 heteroatoms. The van der Waals surface area contributed by atoms with Gasteiger partial charge in [-0.2, -0.15) is 0 Å². The van der Waals surface area contributed by atoms with E-state index in [4.69, 9.17) is 0 Å². The summed E-state index contributed by atoms with van der Waals surface area (Å²) in [6.45, 7) is 5.52. The number of aromatic nitrogens is 3. The highest BCUT2D eigenvalue weighted by molar-refractivity contribution is 6.04. The van der Waals surface area contributed by atoms with Crippen LogP contribution in [0.25, 0.3) is 11.2 Å². The minimum absolute atomic E-state index is 0.253. The van der Waals surface area contributed by atoms with Crippen molar-refractivity contribution in [3.8, 4) is 0 Å². The van der Waals surface area contributed by atoms with Crippen LogP contribution in [0.3, 0.4) is 0 Å². The van der Waals surface area contributed by atoms with Crippen molar-refractivity contribution < 1.29 is 9.18 Å². The molecule has 0 aliphatic carbocycles. The second kappa shape index (κ2) is 7.79. The van der Waals surface area contributed by atoms with Gasteiger partial charge in [0.1, 0.15) is 11.3 Å². The second-order valence-electron chi connectivity index (χ2n) is 7.57.